The highest BCUT2D eigenvalue weighted by atomic mass is 16.5. The first-order valence-corrected chi connectivity index (χ1v) is 5.65. The number of aromatic nitrogens is 1. The molecule has 1 aromatic heterocycles. The lowest BCUT2D eigenvalue weighted by Gasteiger charge is -2.14. The van der Waals surface area contributed by atoms with E-state index in [1.807, 2.05) is 24.8 Å². The zero-order valence-electron chi connectivity index (χ0n) is 9.69. The van der Waals surface area contributed by atoms with Crippen LogP contribution in [-0.2, 0) is 11.3 Å². The maximum absolute atomic E-state index is 11.9. The van der Waals surface area contributed by atoms with Crippen LogP contribution in [0.3, 0.4) is 0 Å². The van der Waals surface area contributed by atoms with Gasteiger partial charge in [0.2, 0.25) is 5.91 Å². The molecule has 1 aliphatic rings. The van der Waals surface area contributed by atoms with Crippen LogP contribution in [0.1, 0.15) is 24.8 Å². The van der Waals surface area contributed by atoms with Crippen molar-refractivity contribution < 1.29 is 9.32 Å². The van der Waals surface area contributed by atoms with E-state index < -0.39 is 0 Å². The van der Waals surface area contributed by atoms with Gasteiger partial charge in [0.15, 0.2) is 0 Å². The molecule has 0 aromatic carbocycles. The smallest absolute Gasteiger partial charge is 0.240 e. The van der Waals surface area contributed by atoms with Gasteiger partial charge in [0.05, 0.1) is 12.6 Å². The molecule has 0 aliphatic carbocycles. The van der Waals surface area contributed by atoms with E-state index in [9.17, 15) is 4.79 Å². The lowest BCUT2D eigenvalue weighted by atomic mass is 10.2. The van der Waals surface area contributed by atoms with Crippen LogP contribution < -0.4 is 5.32 Å². The van der Waals surface area contributed by atoms with Crippen molar-refractivity contribution in [1.29, 1.82) is 0 Å². The lowest BCUT2D eigenvalue weighted by Crippen LogP contribution is -2.37. The molecule has 2 rings (SSSR count). The highest BCUT2D eigenvalue weighted by molar-refractivity contribution is 5.83. The van der Waals surface area contributed by atoms with Crippen LogP contribution in [0.15, 0.2) is 10.6 Å². The molecule has 0 saturated carbocycles. The molecule has 16 heavy (non-hydrogen) atoms. The third-order valence-electron chi connectivity index (χ3n) is 2.78. The van der Waals surface area contributed by atoms with E-state index in [1.165, 1.54) is 0 Å². The monoisotopic (exact) mass is 223 g/mol. The molecule has 88 valence electrons. The molecule has 1 aliphatic heterocycles. The number of carbonyl (C=O) groups excluding carboxylic acids is 1. The van der Waals surface area contributed by atoms with Crippen LogP contribution >= 0.6 is 0 Å². The number of hydrogen-bond acceptors (Lipinski definition) is 4. The third kappa shape index (κ3) is 2.24. The fourth-order valence-electron chi connectivity index (χ4n) is 2.02. The van der Waals surface area contributed by atoms with Crippen LogP contribution in [0.5, 0.6) is 0 Å². The number of nitrogens with zero attached hydrogens (tertiary/aromatic N) is 2. The van der Waals surface area contributed by atoms with Crippen molar-refractivity contribution >= 4 is 5.91 Å². The molecular formula is C11H17N3O2. The van der Waals surface area contributed by atoms with Gasteiger partial charge in [-0.2, -0.15) is 0 Å². The Morgan fingerprint density at radius 3 is 3.12 bits per heavy atom. The number of likely N-dealkylation sites (tertiary alicyclic amines) is 1. The lowest BCUT2D eigenvalue weighted by molar-refractivity contribution is -0.129. The van der Waals surface area contributed by atoms with Gasteiger partial charge in [-0.15, -0.1) is 0 Å². The van der Waals surface area contributed by atoms with Crippen molar-refractivity contribution in [2.24, 2.45) is 0 Å². The second-order valence-corrected chi connectivity index (χ2v) is 4.09. The summed E-state index contributed by atoms with van der Waals surface area (Å²) in [5.74, 6) is 0.951. The van der Waals surface area contributed by atoms with Crippen LogP contribution in [0.25, 0.3) is 0 Å². The van der Waals surface area contributed by atoms with Gasteiger partial charge in [-0.05, 0) is 19.9 Å². The first kappa shape index (κ1) is 11.1. The van der Waals surface area contributed by atoms with Gasteiger partial charge in [0.1, 0.15) is 11.5 Å². The Morgan fingerprint density at radius 2 is 2.50 bits per heavy atom. The van der Waals surface area contributed by atoms with E-state index in [4.69, 9.17) is 4.52 Å². The molecule has 5 heteroatoms. The second kappa shape index (κ2) is 4.65. The molecule has 1 saturated heterocycles. The van der Waals surface area contributed by atoms with Gasteiger partial charge >= 0.3 is 0 Å². The molecule has 1 unspecified atom stereocenters. The Balaban J connectivity index is 1.94. The molecule has 0 radical (unpaired) electrons. The van der Waals surface area contributed by atoms with Crippen molar-refractivity contribution in [2.45, 2.75) is 32.9 Å². The Morgan fingerprint density at radius 1 is 1.69 bits per heavy atom. The summed E-state index contributed by atoms with van der Waals surface area (Å²) in [7, 11) is 0. The molecule has 5 nitrogen and oxygen atoms in total. The molecule has 1 aromatic rings. The summed E-state index contributed by atoms with van der Waals surface area (Å²) in [6, 6.07) is 1.85. The number of likely N-dealkylation sites (N-methyl/N-ethyl adjacent to an activating group) is 1. The number of carbonyl (C=O) groups is 1. The maximum atomic E-state index is 11.9. The SMILES string of the molecule is CCNC1CCN(Cc2cc(C)on2)C1=O. The van der Waals surface area contributed by atoms with Crippen molar-refractivity contribution in [1.82, 2.24) is 15.4 Å². The zero-order valence-corrected chi connectivity index (χ0v) is 9.69. The van der Waals surface area contributed by atoms with Crippen LogP contribution in [-0.4, -0.2) is 35.1 Å². The fraction of sp³-hybridized carbons (Fsp3) is 0.636. The van der Waals surface area contributed by atoms with Crippen molar-refractivity contribution in [3.05, 3.63) is 17.5 Å². The van der Waals surface area contributed by atoms with E-state index in [1.54, 1.807) is 0 Å². The number of hydrogen-bond donors (Lipinski definition) is 1. The van der Waals surface area contributed by atoms with Crippen LogP contribution in [0.2, 0.25) is 0 Å². The van der Waals surface area contributed by atoms with Crippen molar-refractivity contribution in [3.8, 4) is 0 Å². The van der Waals surface area contributed by atoms with E-state index in [2.05, 4.69) is 10.5 Å². The van der Waals surface area contributed by atoms with E-state index in [-0.39, 0.29) is 11.9 Å². The van der Waals surface area contributed by atoms with Gasteiger partial charge in [0, 0.05) is 12.6 Å². The molecule has 1 fully saturated rings. The summed E-state index contributed by atoms with van der Waals surface area (Å²) in [6.07, 6.45) is 0.878. The fourth-order valence-corrected chi connectivity index (χ4v) is 2.02. The average molecular weight is 223 g/mol. The standard InChI is InChI=1S/C11H17N3O2/c1-3-12-10-4-5-14(11(10)15)7-9-6-8(2)16-13-9/h6,10,12H,3-5,7H2,1-2H3. The Kier molecular flexibility index (Phi) is 3.24. The highest BCUT2D eigenvalue weighted by Gasteiger charge is 2.31. The van der Waals surface area contributed by atoms with Crippen LogP contribution in [0.4, 0.5) is 0 Å². The average Bonchev–Trinajstić information content (AvgIpc) is 2.80. The van der Waals surface area contributed by atoms with Gasteiger partial charge < -0.3 is 14.7 Å². The van der Waals surface area contributed by atoms with E-state index in [0.29, 0.717) is 6.54 Å². The van der Waals surface area contributed by atoms with Gasteiger partial charge in [-0.3, -0.25) is 4.79 Å². The summed E-state index contributed by atoms with van der Waals surface area (Å²) >= 11 is 0. The van der Waals surface area contributed by atoms with Gasteiger partial charge in [-0.1, -0.05) is 12.1 Å². The predicted octanol–water partition coefficient (Wildman–Crippen LogP) is 0.693. The number of amides is 1. The minimum Gasteiger partial charge on any atom is -0.361 e. The normalized spacial score (nSPS) is 20.8. The Bertz CT molecular complexity index is 375. The highest BCUT2D eigenvalue weighted by Crippen LogP contribution is 2.14. The molecule has 1 amide bonds. The topological polar surface area (TPSA) is 58.4 Å². The third-order valence-corrected chi connectivity index (χ3v) is 2.78. The number of rotatable bonds is 4. The summed E-state index contributed by atoms with van der Waals surface area (Å²) < 4.78 is 4.98. The zero-order chi connectivity index (χ0) is 11.5. The number of nitrogens with one attached hydrogen (secondary N) is 1. The first-order chi connectivity index (χ1) is 7.70. The summed E-state index contributed by atoms with van der Waals surface area (Å²) in [5, 5.41) is 7.08. The predicted molar refractivity (Wildman–Crippen MR) is 58.7 cm³/mol. The second-order valence-electron chi connectivity index (χ2n) is 4.09. The van der Waals surface area contributed by atoms with Gasteiger partial charge in [0.25, 0.3) is 0 Å². The maximum Gasteiger partial charge on any atom is 0.240 e. The molecule has 0 bridgehead atoms. The van der Waals surface area contributed by atoms with Crippen molar-refractivity contribution in [2.75, 3.05) is 13.1 Å². The molecule has 2 heterocycles. The molecule has 0 spiro atoms. The molecule has 1 N–H and O–H groups in total. The Labute approximate surface area is 94.8 Å². The van der Waals surface area contributed by atoms with E-state index >= 15 is 0 Å². The largest absolute Gasteiger partial charge is 0.361 e. The van der Waals surface area contributed by atoms with Crippen LogP contribution in [0, 0.1) is 6.92 Å². The molecular weight excluding hydrogens is 206 g/mol. The van der Waals surface area contributed by atoms with Gasteiger partial charge in [-0.25, -0.2) is 0 Å². The van der Waals surface area contributed by atoms with Crippen molar-refractivity contribution in [3.63, 3.8) is 0 Å². The minimum absolute atomic E-state index is 0.0157. The quantitative estimate of drug-likeness (QED) is 0.816. The molecule has 1 atom stereocenters. The first-order valence-electron chi connectivity index (χ1n) is 5.65. The van der Waals surface area contributed by atoms with E-state index in [0.717, 1.165) is 31.0 Å². The summed E-state index contributed by atoms with van der Waals surface area (Å²) in [5.41, 5.74) is 0.822. The number of aryl methyl sites for hydroxylation is 1. The summed E-state index contributed by atoms with van der Waals surface area (Å²) in [6.45, 7) is 6.04. The Hall–Kier alpha value is -1.36. The summed E-state index contributed by atoms with van der Waals surface area (Å²) in [4.78, 5) is 13.7. The minimum atomic E-state index is -0.0157.